The molecule has 1 aliphatic rings. The number of amides is 3. The maximum Gasteiger partial charge on any atom is 0.257 e. The number of hydrogen-bond donors (Lipinski definition) is 1. The molecule has 9 heteroatoms. The van der Waals surface area contributed by atoms with Crippen LogP contribution >= 0.6 is 0 Å². The van der Waals surface area contributed by atoms with E-state index in [0.29, 0.717) is 35.7 Å². The minimum atomic E-state index is -0.301. The number of methoxy groups -OCH3 is 1. The Labute approximate surface area is 200 Å². The molecule has 182 valence electrons. The number of hydrogen-bond acceptors (Lipinski definition) is 6. The van der Waals surface area contributed by atoms with Gasteiger partial charge in [0.1, 0.15) is 12.4 Å². The van der Waals surface area contributed by atoms with Crippen molar-refractivity contribution in [3.05, 3.63) is 53.9 Å². The van der Waals surface area contributed by atoms with Crippen molar-refractivity contribution in [2.24, 2.45) is 5.92 Å². The number of benzene rings is 1. The van der Waals surface area contributed by atoms with Crippen LogP contribution in [0, 0.1) is 5.92 Å². The third-order valence-corrected chi connectivity index (χ3v) is 5.96. The lowest BCUT2D eigenvalue weighted by Gasteiger charge is -2.36. The number of rotatable bonds is 3. The van der Waals surface area contributed by atoms with Crippen molar-refractivity contribution in [2.45, 2.75) is 32.9 Å². The van der Waals surface area contributed by atoms with E-state index in [2.05, 4.69) is 10.3 Å². The Morgan fingerprint density at radius 2 is 1.85 bits per heavy atom. The summed E-state index contributed by atoms with van der Waals surface area (Å²) >= 11 is 0. The number of carbonyl (C=O) groups excluding carboxylic acids is 3. The van der Waals surface area contributed by atoms with Crippen molar-refractivity contribution < 1.29 is 23.9 Å². The van der Waals surface area contributed by atoms with Crippen LogP contribution in [0.4, 0.5) is 5.69 Å². The molecule has 0 radical (unpaired) electrons. The fraction of sp³-hybridized carbons (Fsp3) is 0.440. The third kappa shape index (κ3) is 5.91. The maximum atomic E-state index is 13.4. The van der Waals surface area contributed by atoms with Gasteiger partial charge in [0.25, 0.3) is 11.8 Å². The van der Waals surface area contributed by atoms with Gasteiger partial charge < -0.3 is 24.6 Å². The number of pyridine rings is 1. The zero-order valence-corrected chi connectivity index (χ0v) is 20.3. The highest BCUT2D eigenvalue weighted by molar-refractivity contribution is 5.98. The molecule has 0 bridgehead atoms. The number of likely N-dealkylation sites (N-methyl/N-ethyl adjacent to an activating group) is 1. The van der Waals surface area contributed by atoms with Gasteiger partial charge in [0.15, 0.2) is 0 Å². The largest absolute Gasteiger partial charge is 0.491 e. The standard InChI is InChI=1S/C25H32N4O5/c1-16-13-29(24(31)19-8-10-26-11-9-19)17(2)15-34-22-12-20(27-18(3)30)6-7-21(22)25(32)28(4)14-23(16)33-5/h6-12,16-17,23H,13-15H2,1-5H3,(H,27,30)/t16-,17+,23+/m1/s1. The predicted octanol–water partition coefficient (Wildman–Crippen LogP) is 2.69. The van der Waals surface area contributed by atoms with E-state index >= 15 is 0 Å². The van der Waals surface area contributed by atoms with Gasteiger partial charge in [0.2, 0.25) is 5.91 Å². The molecule has 3 amide bonds. The van der Waals surface area contributed by atoms with E-state index in [9.17, 15) is 14.4 Å². The lowest BCUT2D eigenvalue weighted by molar-refractivity contribution is -0.114. The second-order valence-electron chi connectivity index (χ2n) is 8.68. The van der Waals surface area contributed by atoms with E-state index in [-0.39, 0.29) is 42.4 Å². The van der Waals surface area contributed by atoms with Gasteiger partial charge in [-0.05, 0) is 31.2 Å². The SMILES string of the molecule is CO[C@H]1CN(C)C(=O)c2ccc(NC(C)=O)cc2OC[C@H](C)N(C(=O)c2ccncc2)C[C@H]1C. The van der Waals surface area contributed by atoms with Crippen LogP contribution < -0.4 is 10.1 Å². The molecule has 0 aliphatic carbocycles. The molecular weight excluding hydrogens is 436 g/mol. The molecule has 1 N–H and O–H groups in total. The molecule has 0 fully saturated rings. The molecule has 2 heterocycles. The van der Waals surface area contributed by atoms with Crippen LogP contribution in [0.2, 0.25) is 0 Å². The molecule has 3 atom stereocenters. The van der Waals surface area contributed by atoms with Crippen molar-refractivity contribution in [1.82, 2.24) is 14.8 Å². The normalized spacial score (nSPS) is 21.6. The third-order valence-electron chi connectivity index (χ3n) is 5.96. The Bertz CT molecular complexity index is 1030. The van der Waals surface area contributed by atoms with E-state index in [1.807, 2.05) is 13.8 Å². The fourth-order valence-corrected chi connectivity index (χ4v) is 4.00. The van der Waals surface area contributed by atoms with Gasteiger partial charge in [-0.1, -0.05) is 6.92 Å². The van der Waals surface area contributed by atoms with Crippen molar-refractivity contribution in [2.75, 3.05) is 39.2 Å². The summed E-state index contributed by atoms with van der Waals surface area (Å²) < 4.78 is 11.8. The van der Waals surface area contributed by atoms with Gasteiger partial charge >= 0.3 is 0 Å². The molecule has 1 aromatic heterocycles. The molecule has 34 heavy (non-hydrogen) atoms. The highest BCUT2D eigenvalue weighted by atomic mass is 16.5. The van der Waals surface area contributed by atoms with E-state index in [1.165, 1.54) is 6.92 Å². The van der Waals surface area contributed by atoms with Gasteiger partial charge in [0.05, 0.1) is 17.7 Å². The lowest BCUT2D eigenvalue weighted by Crippen LogP contribution is -2.48. The Balaban J connectivity index is 2.00. The molecule has 1 aliphatic heterocycles. The Kier molecular flexibility index (Phi) is 8.22. The smallest absolute Gasteiger partial charge is 0.257 e. The van der Waals surface area contributed by atoms with Crippen molar-refractivity contribution in [1.29, 1.82) is 0 Å². The fourth-order valence-electron chi connectivity index (χ4n) is 4.00. The first-order valence-corrected chi connectivity index (χ1v) is 11.2. The van der Waals surface area contributed by atoms with E-state index < -0.39 is 0 Å². The van der Waals surface area contributed by atoms with Gasteiger partial charge in [-0.3, -0.25) is 19.4 Å². The van der Waals surface area contributed by atoms with Crippen LogP contribution in [-0.4, -0.2) is 78.5 Å². The average Bonchev–Trinajstić information content (AvgIpc) is 2.82. The number of ether oxygens (including phenoxy) is 2. The number of nitrogens with one attached hydrogen (secondary N) is 1. The zero-order valence-electron chi connectivity index (χ0n) is 20.3. The number of anilines is 1. The first kappa shape index (κ1) is 25.2. The van der Waals surface area contributed by atoms with Gasteiger partial charge in [-0.2, -0.15) is 0 Å². The second-order valence-corrected chi connectivity index (χ2v) is 8.68. The molecule has 0 unspecified atom stereocenters. The number of fused-ring (bicyclic) bond motifs is 1. The summed E-state index contributed by atoms with van der Waals surface area (Å²) in [5.41, 5.74) is 1.43. The maximum absolute atomic E-state index is 13.4. The zero-order chi connectivity index (χ0) is 24.8. The lowest BCUT2D eigenvalue weighted by atomic mass is 10.0. The molecule has 0 saturated heterocycles. The number of aromatic nitrogens is 1. The molecule has 0 saturated carbocycles. The van der Waals surface area contributed by atoms with Gasteiger partial charge in [0, 0.05) is 69.8 Å². The first-order chi connectivity index (χ1) is 16.2. The molecule has 1 aromatic carbocycles. The minimum Gasteiger partial charge on any atom is -0.491 e. The molecular formula is C25H32N4O5. The summed E-state index contributed by atoms with van der Waals surface area (Å²) in [6.07, 6.45) is 2.90. The predicted molar refractivity (Wildman–Crippen MR) is 128 cm³/mol. The molecule has 9 nitrogen and oxygen atoms in total. The van der Waals surface area contributed by atoms with E-state index in [1.54, 1.807) is 66.7 Å². The highest BCUT2D eigenvalue weighted by Crippen LogP contribution is 2.27. The number of carbonyl (C=O) groups is 3. The van der Waals surface area contributed by atoms with E-state index in [0.717, 1.165) is 0 Å². The average molecular weight is 469 g/mol. The van der Waals surface area contributed by atoms with Crippen LogP contribution in [0.5, 0.6) is 5.75 Å². The van der Waals surface area contributed by atoms with Gasteiger partial charge in [-0.25, -0.2) is 0 Å². The summed E-state index contributed by atoms with van der Waals surface area (Å²) in [6.45, 7) is 6.25. The van der Waals surface area contributed by atoms with Crippen LogP contribution in [0.3, 0.4) is 0 Å². The minimum absolute atomic E-state index is 0.0467. The second kappa shape index (κ2) is 11.1. The summed E-state index contributed by atoms with van der Waals surface area (Å²) in [5.74, 6) is -0.273. The topological polar surface area (TPSA) is 101 Å². The van der Waals surface area contributed by atoms with Gasteiger partial charge in [-0.15, -0.1) is 0 Å². The monoisotopic (exact) mass is 468 g/mol. The summed E-state index contributed by atoms with van der Waals surface area (Å²) in [5, 5.41) is 2.71. The summed E-state index contributed by atoms with van der Waals surface area (Å²) in [4.78, 5) is 45.5. The van der Waals surface area contributed by atoms with Crippen LogP contribution in [0.15, 0.2) is 42.7 Å². The molecule has 0 spiro atoms. The number of nitrogens with zero attached hydrogens (tertiary/aromatic N) is 3. The molecule has 3 rings (SSSR count). The Morgan fingerprint density at radius 1 is 1.15 bits per heavy atom. The quantitative estimate of drug-likeness (QED) is 0.743. The molecule has 2 aromatic rings. The first-order valence-electron chi connectivity index (χ1n) is 11.2. The van der Waals surface area contributed by atoms with Crippen molar-refractivity contribution in [3.63, 3.8) is 0 Å². The summed E-state index contributed by atoms with van der Waals surface area (Å²) in [7, 11) is 3.32. The van der Waals surface area contributed by atoms with Crippen LogP contribution in [-0.2, 0) is 9.53 Å². The van der Waals surface area contributed by atoms with Crippen molar-refractivity contribution in [3.8, 4) is 5.75 Å². The van der Waals surface area contributed by atoms with Crippen LogP contribution in [0.25, 0.3) is 0 Å². The Hall–Kier alpha value is -3.46. The Morgan fingerprint density at radius 3 is 2.50 bits per heavy atom. The van der Waals surface area contributed by atoms with Crippen molar-refractivity contribution >= 4 is 23.4 Å². The van der Waals surface area contributed by atoms with E-state index in [4.69, 9.17) is 9.47 Å². The highest BCUT2D eigenvalue weighted by Gasteiger charge is 2.30. The summed E-state index contributed by atoms with van der Waals surface area (Å²) in [6, 6.07) is 8.01. The van der Waals surface area contributed by atoms with Crippen LogP contribution in [0.1, 0.15) is 41.5 Å².